The van der Waals surface area contributed by atoms with Gasteiger partial charge < -0.3 is 10.2 Å². The topological polar surface area (TPSA) is 28.2 Å². The van der Waals surface area contributed by atoms with Crippen LogP contribution in [0.5, 0.6) is 0 Å². The number of pyridine rings is 1. The third-order valence-electron chi connectivity index (χ3n) is 3.88. The molecule has 22 heavy (non-hydrogen) atoms. The van der Waals surface area contributed by atoms with Gasteiger partial charge in [0.2, 0.25) is 5.95 Å². The predicted octanol–water partition coefficient (Wildman–Crippen LogP) is 3.90. The minimum absolute atomic E-state index is 0.361. The molecule has 0 amide bonds. The number of hydrogen-bond acceptors (Lipinski definition) is 3. The van der Waals surface area contributed by atoms with E-state index in [9.17, 15) is 4.39 Å². The van der Waals surface area contributed by atoms with Crippen LogP contribution in [-0.4, -0.2) is 24.1 Å². The molecule has 1 aliphatic heterocycles. The van der Waals surface area contributed by atoms with E-state index in [0.29, 0.717) is 22.6 Å². The van der Waals surface area contributed by atoms with Crippen molar-refractivity contribution in [1.29, 1.82) is 0 Å². The molecule has 0 saturated carbocycles. The van der Waals surface area contributed by atoms with Gasteiger partial charge in [-0.05, 0) is 30.2 Å². The third kappa shape index (κ3) is 3.51. The Hall–Kier alpha value is -1.36. The summed E-state index contributed by atoms with van der Waals surface area (Å²) < 4.78 is 12.9. The molecule has 0 bridgehead atoms. The number of halogens is 3. The Labute approximate surface area is 139 Å². The van der Waals surface area contributed by atoms with Crippen molar-refractivity contribution in [2.45, 2.75) is 19.0 Å². The molecule has 1 N–H and O–H groups in total. The van der Waals surface area contributed by atoms with Crippen molar-refractivity contribution in [2.24, 2.45) is 0 Å². The quantitative estimate of drug-likeness (QED) is 0.856. The molecule has 6 heteroatoms. The van der Waals surface area contributed by atoms with Crippen molar-refractivity contribution in [1.82, 2.24) is 10.3 Å². The Morgan fingerprint density at radius 2 is 2.14 bits per heavy atom. The molecule has 1 atom stereocenters. The van der Waals surface area contributed by atoms with Crippen LogP contribution in [0.2, 0.25) is 10.0 Å². The minimum atomic E-state index is -0.451. The number of anilines is 1. The van der Waals surface area contributed by atoms with E-state index in [0.717, 1.165) is 30.8 Å². The molecule has 3 nitrogen and oxygen atoms in total. The van der Waals surface area contributed by atoms with Gasteiger partial charge in [0.1, 0.15) is 0 Å². The molecule has 116 valence electrons. The fourth-order valence-electron chi connectivity index (χ4n) is 2.66. The highest BCUT2D eigenvalue weighted by Crippen LogP contribution is 2.26. The van der Waals surface area contributed by atoms with Crippen LogP contribution in [-0.2, 0) is 6.54 Å². The summed E-state index contributed by atoms with van der Waals surface area (Å²) in [5, 5.41) is 4.68. The first-order valence-electron chi connectivity index (χ1n) is 7.16. The highest BCUT2D eigenvalue weighted by molar-refractivity contribution is 6.42. The van der Waals surface area contributed by atoms with E-state index < -0.39 is 5.95 Å². The summed E-state index contributed by atoms with van der Waals surface area (Å²) >= 11 is 12.2. The maximum atomic E-state index is 12.9. The maximum absolute atomic E-state index is 12.9. The average molecular weight is 340 g/mol. The van der Waals surface area contributed by atoms with Crippen LogP contribution in [0.15, 0.2) is 36.5 Å². The molecule has 1 fully saturated rings. The smallest absolute Gasteiger partial charge is 0.212 e. The number of aromatic nitrogens is 1. The van der Waals surface area contributed by atoms with E-state index in [1.807, 2.05) is 12.1 Å². The fraction of sp³-hybridized carbons (Fsp3) is 0.312. The second kappa shape index (κ2) is 6.82. The summed E-state index contributed by atoms with van der Waals surface area (Å²) in [5.74, 6) is -0.451. The van der Waals surface area contributed by atoms with Crippen molar-refractivity contribution in [2.75, 3.05) is 18.0 Å². The number of nitrogens with zero attached hydrogens (tertiary/aromatic N) is 2. The second-order valence-corrected chi connectivity index (χ2v) is 6.15. The Bertz CT molecular complexity index is 648. The molecule has 1 saturated heterocycles. The summed E-state index contributed by atoms with van der Waals surface area (Å²) in [7, 11) is 0. The van der Waals surface area contributed by atoms with Gasteiger partial charge in [0.05, 0.1) is 21.9 Å². The zero-order valence-electron chi connectivity index (χ0n) is 11.9. The number of rotatable bonds is 4. The first kappa shape index (κ1) is 15.5. The van der Waals surface area contributed by atoms with Gasteiger partial charge in [-0.15, -0.1) is 0 Å². The highest BCUT2D eigenvalue weighted by atomic mass is 35.5. The van der Waals surface area contributed by atoms with Gasteiger partial charge in [0, 0.05) is 25.7 Å². The van der Waals surface area contributed by atoms with Gasteiger partial charge in [-0.2, -0.15) is 4.39 Å². The second-order valence-electron chi connectivity index (χ2n) is 5.36. The molecule has 0 spiro atoms. The van der Waals surface area contributed by atoms with Crippen molar-refractivity contribution in [3.8, 4) is 0 Å². The molecule has 1 aromatic carbocycles. The molecule has 0 radical (unpaired) electrons. The zero-order valence-corrected chi connectivity index (χ0v) is 13.4. The van der Waals surface area contributed by atoms with E-state index in [4.69, 9.17) is 23.2 Å². The summed E-state index contributed by atoms with van der Waals surface area (Å²) in [6.45, 7) is 2.47. The minimum Gasteiger partial charge on any atom is -0.369 e. The first-order chi connectivity index (χ1) is 10.6. The van der Waals surface area contributed by atoms with Crippen LogP contribution in [0.1, 0.15) is 12.0 Å². The van der Waals surface area contributed by atoms with E-state index in [2.05, 4.69) is 15.2 Å². The Morgan fingerprint density at radius 1 is 1.27 bits per heavy atom. The van der Waals surface area contributed by atoms with Crippen molar-refractivity contribution in [3.63, 3.8) is 0 Å². The SMILES string of the molecule is Fc1ccc(N2CC[C@H](NCc3cccc(Cl)c3Cl)C2)cn1. The Morgan fingerprint density at radius 3 is 2.91 bits per heavy atom. The summed E-state index contributed by atoms with van der Waals surface area (Å²) in [6, 6.07) is 9.17. The Kier molecular flexibility index (Phi) is 4.81. The molecule has 0 aliphatic carbocycles. The average Bonchev–Trinajstić information content (AvgIpc) is 2.98. The standard InChI is InChI=1S/C16H16Cl2FN3/c17-14-3-1-2-11(16(14)18)8-20-12-6-7-22(10-12)13-4-5-15(19)21-9-13/h1-5,9,12,20H,6-8,10H2/t12-/m0/s1. The monoisotopic (exact) mass is 339 g/mol. The zero-order chi connectivity index (χ0) is 15.5. The number of hydrogen-bond donors (Lipinski definition) is 1. The lowest BCUT2D eigenvalue weighted by molar-refractivity contribution is 0.551. The summed E-state index contributed by atoms with van der Waals surface area (Å²) in [5.41, 5.74) is 1.95. The largest absolute Gasteiger partial charge is 0.369 e. The normalized spacial score (nSPS) is 18.0. The molecular formula is C16H16Cl2FN3. The van der Waals surface area contributed by atoms with Gasteiger partial charge in [-0.3, -0.25) is 0 Å². The van der Waals surface area contributed by atoms with Gasteiger partial charge in [0.25, 0.3) is 0 Å². The van der Waals surface area contributed by atoms with Crippen LogP contribution < -0.4 is 10.2 Å². The van der Waals surface area contributed by atoms with Crippen molar-refractivity contribution in [3.05, 3.63) is 58.1 Å². The first-order valence-corrected chi connectivity index (χ1v) is 7.92. The van der Waals surface area contributed by atoms with Gasteiger partial charge in [0.15, 0.2) is 0 Å². The van der Waals surface area contributed by atoms with E-state index in [-0.39, 0.29) is 0 Å². The van der Waals surface area contributed by atoms with Crippen molar-refractivity contribution >= 4 is 28.9 Å². The van der Waals surface area contributed by atoms with Crippen LogP contribution in [0.4, 0.5) is 10.1 Å². The lowest BCUT2D eigenvalue weighted by Crippen LogP contribution is -2.32. The van der Waals surface area contributed by atoms with Crippen molar-refractivity contribution < 1.29 is 4.39 Å². The third-order valence-corrected chi connectivity index (χ3v) is 4.74. The Balaban J connectivity index is 1.57. The molecule has 3 rings (SSSR count). The molecule has 2 aromatic rings. The lowest BCUT2D eigenvalue weighted by atomic mass is 10.2. The highest BCUT2D eigenvalue weighted by Gasteiger charge is 2.22. The predicted molar refractivity (Wildman–Crippen MR) is 88.1 cm³/mol. The lowest BCUT2D eigenvalue weighted by Gasteiger charge is -2.19. The van der Waals surface area contributed by atoms with Gasteiger partial charge in [-0.25, -0.2) is 4.98 Å². The molecular weight excluding hydrogens is 324 g/mol. The maximum Gasteiger partial charge on any atom is 0.212 e. The molecule has 1 aromatic heterocycles. The number of nitrogens with one attached hydrogen (secondary N) is 1. The number of benzene rings is 1. The summed E-state index contributed by atoms with van der Waals surface area (Å²) in [4.78, 5) is 5.90. The summed E-state index contributed by atoms with van der Waals surface area (Å²) in [6.07, 6.45) is 2.60. The van der Waals surface area contributed by atoms with Crippen LogP contribution in [0.3, 0.4) is 0 Å². The molecule has 1 aliphatic rings. The van der Waals surface area contributed by atoms with Crippen LogP contribution >= 0.6 is 23.2 Å². The van der Waals surface area contributed by atoms with E-state index in [1.54, 1.807) is 18.3 Å². The molecule has 0 unspecified atom stereocenters. The van der Waals surface area contributed by atoms with E-state index >= 15 is 0 Å². The molecule has 2 heterocycles. The van der Waals surface area contributed by atoms with E-state index in [1.165, 1.54) is 6.07 Å². The van der Waals surface area contributed by atoms with Crippen LogP contribution in [0.25, 0.3) is 0 Å². The fourth-order valence-corrected chi connectivity index (χ4v) is 3.04. The van der Waals surface area contributed by atoms with Gasteiger partial charge >= 0.3 is 0 Å². The van der Waals surface area contributed by atoms with Gasteiger partial charge in [-0.1, -0.05) is 35.3 Å². The van der Waals surface area contributed by atoms with Crippen LogP contribution in [0, 0.1) is 5.95 Å².